The van der Waals surface area contributed by atoms with E-state index in [4.69, 9.17) is 0 Å². The van der Waals surface area contributed by atoms with Crippen LogP contribution < -0.4 is 0 Å². The van der Waals surface area contributed by atoms with Crippen molar-refractivity contribution in [2.75, 3.05) is 0 Å². The van der Waals surface area contributed by atoms with Crippen LogP contribution >= 0.6 is 11.8 Å². The van der Waals surface area contributed by atoms with Crippen molar-refractivity contribution in [2.45, 2.75) is 29.9 Å². The molecule has 0 aliphatic carbocycles. The van der Waals surface area contributed by atoms with Crippen LogP contribution in [0.3, 0.4) is 0 Å². The normalized spacial score (nSPS) is 11.3. The number of thioether (sulfide) groups is 1. The molecule has 1 nitrogen and oxygen atoms in total. The van der Waals surface area contributed by atoms with Gasteiger partial charge in [0.1, 0.15) is 0 Å². The monoisotopic (exact) mass is 270 g/mol. The molecule has 0 aliphatic heterocycles. The minimum absolute atomic E-state index is 0.257. The molecule has 2 heteroatoms. The lowest BCUT2D eigenvalue weighted by Gasteiger charge is -2.22. The van der Waals surface area contributed by atoms with Crippen molar-refractivity contribution >= 4 is 17.5 Å². The molecule has 0 saturated heterocycles. The summed E-state index contributed by atoms with van der Waals surface area (Å²) in [5, 5.41) is 0. The second-order valence-electron chi connectivity index (χ2n) is 5.01. The Hall–Kier alpha value is -1.54. The fourth-order valence-corrected chi connectivity index (χ4v) is 2.90. The maximum Gasteiger partial charge on any atom is 0.153 e. The van der Waals surface area contributed by atoms with Crippen LogP contribution in [0.2, 0.25) is 0 Å². The third kappa shape index (κ3) is 3.97. The Morgan fingerprint density at radius 2 is 1.47 bits per heavy atom. The van der Waals surface area contributed by atoms with E-state index in [1.54, 1.807) is 11.8 Å². The van der Waals surface area contributed by atoms with Gasteiger partial charge in [-0.05, 0) is 31.5 Å². The molecular weight excluding hydrogens is 252 g/mol. The zero-order valence-electron chi connectivity index (χ0n) is 11.3. The van der Waals surface area contributed by atoms with E-state index in [-0.39, 0.29) is 5.78 Å². The summed E-state index contributed by atoms with van der Waals surface area (Å²) in [6.07, 6.45) is 0.494. The van der Waals surface area contributed by atoms with Crippen molar-refractivity contribution in [2.24, 2.45) is 0 Å². The van der Waals surface area contributed by atoms with Gasteiger partial charge in [-0.25, -0.2) is 0 Å². The second kappa shape index (κ2) is 6.07. The molecule has 19 heavy (non-hydrogen) atoms. The number of Topliss-reactive ketones (excluding diaryl/α,β-unsaturated/α-hetero) is 1. The molecule has 0 saturated carbocycles. The van der Waals surface area contributed by atoms with Crippen LogP contribution in [0.15, 0.2) is 65.6 Å². The Morgan fingerprint density at radius 1 is 0.947 bits per heavy atom. The molecule has 0 aromatic heterocycles. The van der Waals surface area contributed by atoms with E-state index in [1.165, 1.54) is 0 Å². The van der Waals surface area contributed by atoms with Crippen LogP contribution in [-0.4, -0.2) is 10.5 Å². The molecule has 0 aliphatic rings. The van der Waals surface area contributed by atoms with Gasteiger partial charge in [0, 0.05) is 11.3 Å². The minimum atomic E-state index is -0.406. The topological polar surface area (TPSA) is 17.1 Å². The maximum absolute atomic E-state index is 12.4. The molecule has 0 radical (unpaired) electrons. The fraction of sp³-hybridized carbons (Fsp3) is 0.235. The molecule has 0 atom stereocenters. The summed E-state index contributed by atoms with van der Waals surface area (Å²) >= 11 is 1.62. The average molecular weight is 270 g/mol. The Kier molecular flexibility index (Phi) is 4.43. The van der Waals surface area contributed by atoms with E-state index in [1.807, 2.05) is 74.5 Å². The third-order valence-electron chi connectivity index (χ3n) is 3.00. The molecule has 2 aromatic carbocycles. The zero-order chi connectivity index (χ0) is 13.7. The summed E-state index contributed by atoms with van der Waals surface area (Å²) in [5.74, 6) is 0.257. The van der Waals surface area contributed by atoms with E-state index in [2.05, 4.69) is 0 Å². The van der Waals surface area contributed by atoms with Gasteiger partial charge in [-0.3, -0.25) is 4.79 Å². The van der Waals surface area contributed by atoms with Crippen molar-refractivity contribution in [3.05, 3.63) is 66.2 Å². The Labute approximate surface area is 119 Å². The largest absolute Gasteiger partial charge is 0.298 e. The predicted octanol–water partition coefficient (Wildman–Crippen LogP) is 4.37. The molecule has 0 unspecified atom stereocenters. The second-order valence-corrected chi connectivity index (χ2v) is 6.71. The van der Waals surface area contributed by atoms with E-state index in [0.29, 0.717) is 6.42 Å². The lowest BCUT2D eigenvalue weighted by Crippen LogP contribution is -2.29. The highest BCUT2D eigenvalue weighted by atomic mass is 32.2. The highest BCUT2D eigenvalue weighted by Gasteiger charge is 2.28. The van der Waals surface area contributed by atoms with E-state index < -0.39 is 4.75 Å². The first-order chi connectivity index (χ1) is 9.08. The number of hydrogen-bond donors (Lipinski definition) is 0. The first kappa shape index (κ1) is 13.9. The van der Waals surface area contributed by atoms with Crippen molar-refractivity contribution in [1.29, 1.82) is 0 Å². The van der Waals surface area contributed by atoms with Crippen LogP contribution in [0.4, 0.5) is 0 Å². The van der Waals surface area contributed by atoms with Gasteiger partial charge in [0.05, 0.1) is 4.75 Å². The van der Waals surface area contributed by atoms with E-state index in [9.17, 15) is 4.79 Å². The van der Waals surface area contributed by atoms with Crippen molar-refractivity contribution < 1.29 is 4.79 Å². The van der Waals surface area contributed by atoms with Crippen LogP contribution in [-0.2, 0) is 11.2 Å². The van der Waals surface area contributed by atoms with Crippen LogP contribution in [0.5, 0.6) is 0 Å². The van der Waals surface area contributed by atoms with Gasteiger partial charge in [-0.2, -0.15) is 0 Å². The van der Waals surface area contributed by atoms with Gasteiger partial charge in [0.2, 0.25) is 0 Å². The highest BCUT2D eigenvalue weighted by molar-refractivity contribution is 8.01. The van der Waals surface area contributed by atoms with Crippen molar-refractivity contribution in [1.82, 2.24) is 0 Å². The van der Waals surface area contributed by atoms with Gasteiger partial charge in [-0.15, -0.1) is 11.8 Å². The van der Waals surface area contributed by atoms with Gasteiger partial charge < -0.3 is 0 Å². The van der Waals surface area contributed by atoms with Crippen molar-refractivity contribution in [3.63, 3.8) is 0 Å². The van der Waals surface area contributed by atoms with E-state index >= 15 is 0 Å². The number of benzene rings is 2. The molecule has 2 aromatic rings. The molecule has 0 bridgehead atoms. The van der Waals surface area contributed by atoms with Gasteiger partial charge in [0.15, 0.2) is 5.78 Å². The summed E-state index contributed by atoms with van der Waals surface area (Å²) in [6, 6.07) is 20.0. The quantitative estimate of drug-likeness (QED) is 0.750. The lowest BCUT2D eigenvalue weighted by molar-refractivity contribution is -0.119. The Morgan fingerprint density at radius 3 is 2.05 bits per heavy atom. The predicted molar refractivity (Wildman–Crippen MR) is 81.5 cm³/mol. The Bertz CT molecular complexity index is 532. The summed E-state index contributed by atoms with van der Waals surface area (Å²) < 4.78 is -0.406. The average Bonchev–Trinajstić information content (AvgIpc) is 2.40. The molecule has 2 rings (SSSR count). The molecule has 0 N–H and O–H groups in total. The smallest absolute Gasteiger partial charge is 0.153 e. The van der Waals surface area contributed by atoms with Gasteiger partial charge in [-0.1, -0.05) is 48.5 Å². The first-order valence-corrected chi connectivity index (χ1v) is 7.21. The Balaban J connectivity index is 2.05. The van der Waals surface area contributed by atoms with Crippen LogP contribution in [0.25, 0.3) is 0 Å². The summed E-state index contributed by atoms with van der Waals surface area (Å²) in [5.41, 5.74) is 1.08. The summed E-state index contributed by atoms with van der Waals surface area (Å²) in [7, 11) is 0. The lowest BCUT2D eigenvalue weighted by atomic mass is 10.0. The number of rotatable bonds is 5. The molecule has 0 fully saturated rings. The molecule has 0 spiro atoms. The molecular formula is C17H18OS. The first-order valence-electron chi connectivity index (χ1n) is 6.39. The maximum atomic E-state index is 12.4. The summed E-state index contributed by atoms with van der Waals surface area (Å²) in [6.45, 7) is 3.99. The molecule has 98 valence electrons. The third-order valence-corrected chi connectivity index (χ3v) is 4.24. The minimum Gasteiger partial charge on any atom is -0.298 e. The SMILES string of the molecule is CC(C)(Sc1ccccc1)C(=O)Cc1ccccc1. The zero-order valence-corrected chi connectivity index (χ0v) is 12.1. The number of carbonyl (C=O) groups is 1. The summed E-state index contributed by atoms with van der Waals surface area (Å²) in [4.78, 5) is 13.6. The van der Waals surface area contributed by atoms with E-state index in [0.717, 1.165) is 10.5 Å². The van der Waals surface area contributed by atoms with Crippen LogP contribution in [0, 0.1) is 0 Å². The van der Waals surface area contributed by atoms with Crippen molar-refractivity contribution in [3.8, 4) is 0 Å². The van der Waals surface area contributed by atoms with Gasteiger partial charge in [0.25, 0.3) is 0 Å². The molecule has 0 heterocycles. The molecule has 0 amide bonds. The number of ketones is 1. The standard InChI is InChI=1S/C17H18OS/c1-17(2,19-15-11-7-4-8-12-15)16(18)13-14-9-5-3-6-10-14/h3-12H,13H2,1-2H3. The highest BCUT2D eigenvalue weighted by Crippen LogP contribution is 2.33. The van der Waals surface area contributed by atoms with Gasteiger partial charge >= 0.3 is 0 Å². The fourth-order valence-electron chi connectivity index (χ4n) is 1.83. The number of hydrogen-bond acceptors (Lipinski definition) is 2. The number of carbonyl (C=O) groups excluding carboxylic acids is 1. The van der Waals surface area contributed by atoms with Crippen LogP contribution in [0.1, 0.15) is 19.4 Å².